The van der Waals surface area contributed by atoms with Crippen molar-refractivity contribution < 1.29 is 14.7 Å². The van der Waals surface area contributed by atoms with Gasteiger partial charge in [-0.3, -0.25) is 4.79 Å². The van der Waals surface area contributed by atoms with Gasteiger partial charge in [0.1, 0.15) is 11.6 Å². The first kappa shape index (κ1) is 11.6. The molecule has 1 saturated heterocycles. The van der Waals surface area contributed by atoms with Crippen molar-refractivity contribution in [3.8, 4) is 0 Å². The Labute approximate surface area is 108 Å². The molecule has 7 nitrogen and oxygen atoms in total. The fraction of sp³-hybridized carbons (Fsp3) is 0.333. The molecule has 1 atom stereocenters. The van der Waals surface area contributed by atoms with Crippen LogP contribution in [0.5, 0.6) is 0 Å². The van der Waals surface area contributed by atoms with Gasteiger partial charge in [0.2, 0.25) is 0 Å². The second-order valence-corrected chi connectivity index (χ2v) is 4.44. The molecule has 1 N–H and O–H groups in total. The lowest BCUT2D eigenvalue weighted by Crippen LogP contribution is -2.40. The molecule has 7 heteroatoms. The summed E-state index contributed by atoms with van der Waals surface area (Å²) in [5.41, 5.74) is 0.789. The van der Waals surface area contributed by atoms with Gasteiger partial charge in [-0.15, -0.1) is 0 Å². The third-order valence-electron chi connectivity index (χ3n) is 3.31. The van der Waals surface area contributed by atoms with Crippen molar-refractivity contribution in [3.63, 3.8) is 0 Å². The molecule has 0 unspecified atom stereocenters. The van der Waals surface area contributed by atoms with E-state index in [1.54, 1.807) is 18.5 Å². The molecule has 2 aromatic heterocycles. The molecule has 1 aliphatic rings. The van der Waals surface area contributed by atoms with E-state index in [1.807, 2.05) is 0 Å². The summed E-state index contributed by atoms with van der Waals surface area (Å²) in [7, 11) is 0. The number of fused-ring (bicyclic) bond motifs is 1. The normalized spacial score (nSPS) is 18.9. The lowest BCUT2D eigenvalue weighted by Gasteiger charge is -2.20. The summed E-state index contributed by atoms with van der Waals surface area (Å²) < 4.78 is 1.50. The standard InChI is InChI=1S/C12H12N4O3/c17-11(15-5-1-3-9(15)12(18)19)8-7-14-16-6-2-4-13-10(8)16/h2,4,6-7,9H,1,3,5H2,(H,18,19)/t9-/m1/s1. The lowest BCUT2D eigenvalue weighted by atomic mass is 10.2. The number of hydrogen-bond donors (Lipinski definition) is 1. The number of carbonyl (C=O) groups is 2. The summed E-state index contributed by atoms with van der Waals surface area (Å²) >= 11 is 0. The number of aliphatic carboxylic acids is 1. The van der Waals surface area contributed by atoms with Crippen LogP contribution in [0, 0.1) is 0 Å². The summed E-state index contributed by atoms with van der Waals surface area (Å²) in [5, 5.41) is 13.2. The fourth-order valence-corrected chi connectivity index (χ4v) is 2.40. The van der Waals surface area contributed by atoms with Gasteiger partial charge in [-0.1, -0.05) is 0 Å². The van der Waals surface area contributed by atoms with Gasteiger partial charge in [-0.05, 0) is 18.9 Å². The van der Waals surface area contributed by atoms with Crippen molar-refractivity contribution >= 4 is 17.5 Å². The first-order valence-electron chi connectivity index (χ1n) is 6.00. The van der Waals surface area contributed by atoms with E-state index < -0.39 is 12.0 Å². The van der Waals surface area contributed by atoms with Crippen molar-refractivity contribution in [1.82, 2.24) is 19.5 Å². The van der Waals surface area contributed by atoms with Crippen LogP contribution in [-0.2, 0) is 4.79 Å². The molecule has 3 rings (SSSR count). The monoisotopic (exact) mass is 260 g/mol. The van der Waals surface area contributed by atoms with Gasteiger partial charge in [-0.2, -0.15) is 5.10 Å². The van der Waals surface area contributed by atoms with Crippen molar-refractivity contribution in [3.05, 3.63) is 30.2 Å². The van der Waals surface area contributed by atoms with E-state index in [0.717, 1.165) is 0 Å². The zero-order valence-corrected chi connectivity index (χ0v) is 10.1. The molecule has 1 amide bonds. The molecule has 1 aliphatic heterocycles. The van der Waals surface area contributed by atoms with E-state index >= 15 is 0 Å². The summed E-state index contributed by atoms with van der Waals surface area (Å²) in [6, 6.07) is 0.968. The summed E-state index contributed by atoms with van der Waals surface area (Å²) in [5.74, 6) is -1.28. The van der Waals surface area contributed by atoms with Crippen LogP contribution in [0.25, 0.3) is 5.65 Å². The first-order chi connectivity index (χ1) is 9.18. The minimum Gasteiger partial charge on any atom is -0.480 e. The average Bonchev–Trinajstić information content (AvgIpc) is 3.05. The molecule has 0 aliphatic carbocycles. The predicted octanol–water partition coefficient (Wildman–Crippen LogP) is 0.418. The van der Waals surface area contributed by atoms with Crippen LogP contribution in [0.3, 0.4) is 0 Å². The van der Waals surface area contributed by atoms with Crippen LogP contribution in [-0.4, -0.2) is 49.1 Å². The maximum absolute atomic E-state index is 12.4. The zero-order chi connectivity index (χ0) is 13.4. The molecular formula is C12H12N4O3. The predicted molar refractivity (Wildman–Crippen MR) is 64.7 cm³/mol. The Morgan fingerprint density at radius 2 is 2.26 bits per heavy atom. The fourth-order valence-electron chi connectivity index (χ4n) is 2.40. The number of carboxylic acid groups (broad SMARTS) is 1. The SMILES string of the molecule is O=C(O)[C@H]1CCCN1C(=O)c1cnn2cccnc12. The highest BCUT2D eigenvalue weighted by Crippen LogP contribution is 2.21. The highest BCUT2D eigenvalue weighted by atomic mass is 16.4. The van der Waals surface area contributed by atoms with E-state index in [-0.39, 0.29) is 5.91 Å². The van der Waals surface area contributed by atoms with Crippen LogP contribution < -0.4 is 0 Å². The number of aromatic nitrogens is 3. The van der Waals surface area contributed by atoms with Gasteiger partial charge in [0.05, 0.1) is 6.20 Å². The van der Waals surface area contributed by atoms with Crippen LogP contribution in [0.2, 0.25) is 0 Å². The van der Waals surface area contributed by atoms with Crippen LogP contribution in [0.1, 0.15) is 23.2 Å². The number of nitrogens with zero attached hydrogens (tertiary/aromatic N) is 4. The van der Waals surface area contributed by atoms with Gasteiger partial charge in [-0.25, -0.2) is 14.3 Å². The number of carboxylic acids is 1. The molecule has 98 valence electrons. The molecule has 19 heavy (non-hydrogen) atoms. The maximum atomic E-state index is 12.4. The number of likely N-dealkylation sites (tertiary alicyclic amines) is 1. The quantitative estimate of drug-likeness (QED) is 0.845. The Kier molecular flexibility index (Phi) is 2.66. The topological polar surface area (TPSA) is 87.8 Å². The zero-order valence-electron chi connectivity index (χ0n) is 10.1. The number of carbonyl (C=O) groups excluding carboxylic acids is 1. The van der Waals surface area contributed by atoms with Gasteiger partial charge < -0.3 is 10.0 Å². The molecule has 0 radical (unpaired) electrons. The number of amides is 1. The summed E-state index contributed by atoms with van der Waals surface area (Å²) in [4.78, 5) is 29.0. The van der Waals surface area contributed by atoms with Crippen molar-refractivity contribution in [2.24, 2.45) is 0 Å². The molecule has 0 aromatic carbocycles. The number of rotatable bonds is 2. The second-order valence-electron chi connectivity index (χ2n) is 4.44. The molecule has 3 heterocycles. The number of hydrogen-bond acceptors (Lipinski definition) is 4. The maximum Gasteiger partial charge on any atom is 0.326 e. The third kappa shape index (κ3) is 1.83. The minimum absolute atomic E-state index is 0.321. The highest BCUT2D eigenvalue weighted by Gasteiger charge is 2.35. The molecule has 0 bridgehead atoms. The van der Waals surface area contributed by atoms with Crippen molar-refractivity contribution in [2.75, 3.05) is 6.54 Å². The van der Waals surface area contributed by atoms with E-state index in [9.17, 15) is 9.59 Å². The van der Waals surface area contributed by atoms with Crippen LogP contribution >= 0.6 is 0 Å². The minimum atomic E-state index is -0.963. The Balaban J connectivity index is 1.98. The molecule has 1 fully saturated rings. The van der Waals surface area contributed by atoms with Gasteiger partial charge in [0.25, 0.3) is 5.91 Å². The molecule has 0 spiro atoms. The molecule has 0 saturated carbocycles. The van der Waals surface area contributed by atoms with Gasteiger partial charge in [0, 0.05) is 18.9 Å². The Hall–Kier alpha value is -2.44. The summed E-state index contributed by atoms with van der Waals surface area (Å²) in [6.45, 7) is 0.458. The summed E-state index contributed by atoms with van der Waals surface area (Å²) in [6.07, 6.45) is 5.90. The van der Waals surface area contributed by atoms with Crippen LogP contribution in [0.15, 0.2) is 24.7 Å². The van der Waals surface area contributed by atoms with E-state index in [4.69, 9.17) is 5.11 Å². The lowest BCUT2D eigenvalue weighted by molar-refractivity contribution is -0.141. The average molecular weight is 260 g/mol. The van der Waals surface area contributed by atoms with Crippen LogP contribution in [0.4, 0.5) is 0 Å². The van der Waals surface area contributed by atoms with Gasteiger partial charge in [0.15, 0.2) is 5.65 Å². The Morgan fingerprint density at radius 3 is 3.05 bits per heavy atom. The smallest absolute Gasteiger partial charge is 0.326 e. The highest BCUT2D eigenvalue weighted by molar-refractivity contribution is 6.01. The largest absolute Gasteiger partial charge is 0.480 e. The van der Waals surface area contributed by atoms with Gasteiger partial charge >= 0.3 is 5.97 Å². The van der Waals surface area contributed by atoms with E-state index in [1.165, 1.54) is 15.6 Å². The molecule has 2 aromatic rings. The van der Waals surface area contributed by atoms with E-state index in [0.29, 0.717) is 30.6 Å². The van der Waals surface area contributed by atoms with Crippen molar-refractivity contribution in [1.29, 1.82) is 0 Å². The molecular weight excluding hydrogens is 248 g/mol. The third-order valence-corrected chi connectivity index (χ3v) is 3.31. The first-order valence-corrected chi connectivity index (χ1v) is 6.00. The second kappa shape index (κ2) is 4.34. The Bertz CT molecular complexity index is 651. The van der Waals surface area contributed by atoms with E-state index in [2.05, 4.69) is 10.1 Å². The van der Waals surface area contributed by atoms with Crippen molar-refractivity contribution in [2.45, 2.75) is 18.9 Å². The Morgan fingerprint density at radius 1 is 1.42 bits per heavy atom.